The fourth-order valence-electron chi connectivity index (χ4n) is 2.23. The van der Waals surface area contributed by atoms with Crippen LogP contribution in [0.3, 0.4) is 0 Å². The molecule has 2 N–H and O–H groups in total. The van der Waals surface area contributed by atoms with Crippen molar-refractivity contribution in [1.29, 1.82) is 0 Å². The maximum absolute atomic E-state index is 5.46. The summed E-state index contributed by atoms with van der Waals surface area (Å²) in [6, 6.07) is 0.607. The van der Waals surface area contributed by atoms with Gasteiger partial charge in [-0.3, -0.25) is 0 Å². The molecule has 0 amide bonds. The molecule has 0 radical (unpaired) electrons. The third-order valence-electron chi connectivity index (χ3n) is 3.23. The lowest BCUT2D eigenvalue weighted by Crippen LogP contribution is -2.65. The van der Waals surface area contributed by atoms with Crippen molar-refractivity contribution < 1.29 is 4.74 Å². The zero-order chi connectivity index (χ0) is 9.31. The van der Waals surface area contributed by atoms with Crippen molar-refractivity contribution in [3.05, 3.63) is 0 Å². The molecule has 2 aliphatic rings. The zero-order valence-electron chi connectivity index (χ0n) is 8.60. The van der Waals surface area contributed by atoms with Gasteiger partial charge in [0.1, 0.15) is 0 Å². The molecule has 2 fully saturated rings. The van der Waals surface area contributed by atoms with E-state index in [2.05, 4.69) is 24.5 Å². The van der Waals surface area contributed by atoms with E-state index in [1.807, 2.05) is 0 Å². The average Bonchev–Trinajstić information content (AvgIpc) is 2.53. The summed E-state index contributed by atoms with van der Waals surface area (Å²) in [7, 11) is 0. The van der Waals surface area contributed by atoms with E-state index in [1.165, 1.54) is 0 Å². The third-order valence-corrected chi connectivity index (χ3v) is 3.23. The molecule has 2 atom stereocenters. The molecule has 0 aliphatic carbocycles. The van der Waals surface area contributed by atoms with Gasteiger partial charge in [-0.15, -0.1) is 0 Å². The van der Waals surface area contributed by atoms with Crippen molar-refractivity contribution in [1.82, 2.24) is 10.6 Å². The summed E-state index contributed by atoms with van der Waals surface area (Å²) in [5.41, 5.74) is 0.243. The largest absolute Gasteiger partial charge is 0.379 e. The molecule has 3 heteroatoms. The standard InChI is InChI=1S/C10H20N2O/c1-8(2)9-5-11-6-10(12-9)3-4-13-7-10/h8-9,11-12H,3-7H2,1-2H3. The van der Waals surface area contributed by atoms with Crippen molar-refractivity contribution in [3.63, 3.8) is 0 Å². The number of piperazine rings is 1. The number of hydrogen-bond donors (Lipinski definition) is 2. The van der Waals surface area contributed by atoms with Gasteiger partial charge < -0.3 is 15.4 Å². The third kappa shape index (κ3) is 1.87. The molecule has 2 rings (SSSR count). The van der Waals surface area contributed by atoms with E-state index >= 15 is 0 Å². The molecular weight excluding hydrogens is 164 g/mol. The van der Waals surface area contributed by atoms with Crippen LogP contribution in [0.5, 0.6) is 0 Å². The molecule has 2 unspecified atom stereocenters. The van der Waals surface area contributed by atoms with E-state index < -0.39 is 0 Å². The van der Waals surface area contributed by atoms with Gasteiger partial charge >= 0.3 is 0 Å². The summed E-state index contributed by atoms with van der Waals surface area (Å²) in [4.78, 5) is 0. The monoisotopic (exact) mass is 184 g/mol. The summed E-state index contributed by atoms with van der Waals surface area (Å²) < 4.78 is 5.46. The van der Waals surface area contributed by atoms with Crippen molar-refractivity contribution >= 4 is 0 Å². The minimum Gasteiger partial charge on any atom is -0.379 e. The van der Waals surface area contributed by atoms with Crippen LogP contribution in [0.25, 0.3) is 0 Å². The van der Waals surface area contributed by atoms with Crippen LogP contribution in [-0.2, 0) is 4.74 Å². The number of nitrogens with one attached hydrogen (secondary N) is 2. The Hall–Kier alpha value is -0.120. The van der Waals surface area contributed by atoms with E-state index in [9.17, 15) is 0 Å². The lowest BCUT2D eigenvalue weighted by Gasteiger charge is -2.41. The molecule has 0 bridgehead atoms. The van der Waals surface area contributed by atoms with Gasteiger partial charge in [-0.25, -0.2) is 0 Å². The highest BCUT2D eigenvalue weighted by Crippen LogP contribution is 2.22. The van der Waals surface area contributed by atoms with Gasteiger partial charge in [0.15, 0.2) is 0 Å². The van der Waals surface area contributed by atoms with Crippen LogP contribution in [0.2, 0.25) is 0 Å². The van der Waals surface area contributed by atoms with Crippen molar-refractivity contribution in [3.8, 4) is 0 Å². The highest BCUT2D eigenvalue weighted by Gasteiger charge is 2.39. The maximum atomic E-state index is 5.46. The first-order chi connectivity index (χ1) is 6.22. The van der Waals surface area contributed by atoms with Crippen LogP contribution in [0, 0.1) is 5.92 Å². The Labute approximate surface area is 80.2 Å². The molecule has 3 nitrogen and oxygen atoms in total. The Morgan fingerprint density at radius 2 is 2.31 bits per heavy atom. The van der Waals surface area contributed by atoms with Crippen LogP contribution in [0.4, 0.5) is 0 Å². The first kappa shape index (κ1) is 9.44. The minimum atomic E-state index is 0.243. The van der Waals surface area contributed by atoms with Gasteiger partial charge in [-0.2, -0.15) is 0 Å². The van der Waals surface area contributed by atoms with Crippen LogP contribution >= 0.6 is 0 Å². The van der Waals surface area contributed by atoms with Crippen LogP contribution in [0.15, 0.2) is 0 Å². The van der Waals surface area contributed by atoms with E-state index in [-0.39, 0.29) is 5.54 Å². The predicted octanol–water partition coefficient (Wildman–Crippen LogP) is 0.363. The molecular formula is C10H20N2O. The van der Waals surface area contributed by atoms with E-state index in [0.717, 1.165) is 32.7 Å². The molecule has 0 aromatic heterocycles. The van der Waals surface area contributed by atoms with E-state index in [4.69, 9.17) is 4.74 Å². The van der Waals surface area contributed by atoms with Crippen molar-refractivity contribution in [2.45, 2.75) is 31.8 Å². The van der Waals surface area contributed by atoms with Gasteiger partial charge in [0.25, 0.3) is 0 Å². The van der Waals surface area contributed by atoms with Crippen LogP contribution in [-0.4, -0.2) is 37.9 Å². The number of ether oxygens (including phenoxy) is 1. The molecule has 0 aromatic rings. The highest BCUT2D eigenvalue weighted by atomic mass is 16.5. The Balaban J connectivity index is 1.98. The van der Waals surface area contributed by atoms with Crippen molar-refractivity contribution in [2.75, 3.05) is 26.3 Å². The molecule has 2 heterocycles. The lowest BCUT2D eigenvalue weighted by molar-refractivity contribution is 0.137. The normalized spacial score (nSPS) is 40.4. The van der Waals surface area contributed by atoms with Crippen LogP contribution < -0.4 is 10.6 Å². The maximum Gasteiger partial charge on any atom is 0.0661 e. The van der Waals surface area contributed by atoms with Crippen LogP contribution in [0.1, 0.15) is 20.3 Å². The Bertz CT molecular complexity index is 176. The fraction of sp³-hybridized carbons (Fsp3) is 1.00. The summed E-state index contributed by atoms with van der Waals surface area (Å²) in [5, 5.41) is 7.25. The van der Waals surface area contributed by atoms with E-state index in [1.54, 1.807) is 0 Å². The van der Waals surface area contributed by atoms with Gasteiger partial charge in [-0.1, -0.05) is 13.8 Å². The lowest BCUT2D eigenvalue weighted by atomic mass is 9.91. The van der Waals surface area contributed by atoms with Gasteiger partial charge in [0.2, 0.25) is 0 Å². The fourth-order valence-corrected chi connectivity index (χ4v) is 2.23. The van der Waals surface area contributed by atoms with Gasteiger partial charge in [0, 0.05) is 25.7 Å². The molecule has 76 valence electrons. The molecule has 0 aromatic carbocycles. The summed E-state index contributed by atoms with van der Waals surface area (Å²) >= 11 is 0. The molecule has 2 saturated heterocycles. The second-order valence-electron chi connectivity index (χ2n) is 4.71. The SMILES string of the molecule is CC(C)C1CNCC2(CCOC2)N1. The quantitative estimate of drug-likeness (QED) is 0.617. The molecule has 0 saturated carbocycles. The second kappa shape index (κ2) is 3.56. The average molecular weight is 184 g/mol. The second-order valence-corrected chi connectivity index (χ2v) is 4.71. The van der Waals surface area contributed by atoms with Crippen molar-refractivity contribution in [2.24, 2.45) is 5.92 Å². The Kier molecular flexibility index (Phi) is 2.58. The summed E-state index contributed by atoms with van der Waals surface area (Å²) in [6.45, 7) is 8.50. The topological polar surface area (TPSA) is 33.3 Å². The minimum absolute atomic E-state index is 0.243. The van der Waals surface area contributed by atoms with Gasteiger partial charge in [0.05, 0.1) is 12.1 Å². The Morgan fingerprint density at radius 3 is 2.92 bits per heavy atom. The smallest absolute Gasteiger partial charge is 0.0661 e. The van der Waals surface area contributed by atoms with E-state index in [0.29, 0.717) is 12.0 Å². The first-order valence-electron chi connectivity index (χ1n) is 5.28. The molecule has 13 heavy (non-hydrogen) atoms. The summed E-state index contributed by atoms with van der Waals surface area (Å²) in [5.74, 6) is 0.699. The number of hydrogen-bond acceptors (Lipinski definition) is 3. The number of rotatable bonds is 1. The molecule has 1 spiro atoms. The Morgan fingerprint density at radius 1 is 1.46 bits per heavy atom. The van der Waals surface area contributed by atoms with Gasteiger partial charge in [-0.05, 0) is 12.3 Å². The highest BCUT2D eigenvalue weighted by molar-refractivity contribution is 5.00. The zero-order valence-corrected chi connectivity index (χ0v) is 8.60. The predicted molar refractivity (Wildman–Crippen MR) is 52.8 cm³/mol. The molecule has 2 aliphatic heterocycles. The summed E-state index contributed by atoms with van der Waals surface area (Å²) in [6.07, 6.45) is 1.16. The first-order valence-corrected chi connectivity index (χ1v) is 5.28.